The van der Waals surface area contributed by atoms with Crippen molar-refractivity contribution in [2.75, 3.05) is 39.6 Å². The fraction of sp³-hybridized carbons (Fsp3) is 0.943. The molecular formula is C70H136O17P2. The van der Waals surface area contributed by atoms with Crippen LogP contribution >= 0.6 is 15.6 Å². The van der Waals surface area contributed by atoms with Gasteiger partial charge in [0.1, 0.15) is 19.3 Å². The van der Waals surface area contributed by atoms with Crippen LogP contribution in [0.25, 0.3) is 0 Å². The van der Waals surface area contributed by atoms with Gasteiger partial charge < -0.3 is 33.8 Å². The molecule has 0 aliphatic rings. The molecule has 528 valence electrons. The van der Waals surface area contributed by atoms with E-state index in [1.165, 1.54) is 141 Å². The molecule has 0 amide bonds. The van der Waals surface area contributed by atoms with E-state index in [0.717, 1.165) is 114 Å². The van der Waals surface area contributed by atoms with Crippen molar-refractivity contribution in [3.05, 3.63) is 0 Å². The third-order valence-electron chi connectivity index (χ3n) is 16.4. The van der Waals surface area contributed by atoms with E-state index in [1.54, 1.807) is 0 Å². The minimum Gasteiger partial charge on any atom is -0.462 e. The molecule has 4 unspecified atom stereocenters. The number of unbranched alkanes of at least 4 members (excludes halogenated alkanes) is 32. The van der Waals surface area contributed by atoms with Crippen LogP contribution in [0.3, 0.4) is 0 Å². The zero-order chi connectivity index (χ0) is 66.1. The number of phosphoric ester groups is 2. The number of carbonyl (C=O) groups is 4. The smallest absolute Gasteiger partial charge is 0.462 e. The molecule has 0 radical (unpaired) electrons. The van der Waals surface area contributed by atoms with Crippen LogP contribution in [0, 0.1) is 23.7 Å². The predicted octanol–water partition coefficient (Wildman–Crippen LogP) is 19.7. The molecule has 0 rings (SSSR count). The molecule has 3 N–H and O–H groups in total. The summed E-state index contributed by atoms with van der Waals surface area (Å²) in [5, 5.41) is 10.6. The summed E-state index contributed by atoms with van der Waals surface area (Å²) in [4.78, 5) is 72.5. The maximum atomic E-state index is 13.0. The minimum absolute atomic E-state index is 0.102. The number of esters is 4. The normalized spacial score (nSPS) is 14.6. The van der Waals surface area contributed by atoms with E-state index >= 15 is 0 Å². The first-order valence-electron chi connectivity index (χ1n) is 36.2. The molecule has 19 heteroatoms. The van der Waals surface area contributed by atoms with Crippen LogP contribution in [0.5, 0.6) is 0 Å². The van der Waals surface area contributed by atoms with Gasteiger partial charge in [-0.2, -0.15) is 0 Å². The number of phosphoric acid groups is 2. The predicted molar refractivity (Wildman–Crippen MR) is 358 cm³/mol. The number of aliphatic hydroxyl groups excluding tert-OH is 1. The topological polar surface area (TPSA) is 237 Å². The van der Waals surface area contributed by atoms with Crippen LogP contribution in [0.4, 0.5) is 0 Å². The van der Waals surface area contributed by atoms with Crippen LogP contribution in [0.15, 0.2) is 0 Å². The Bertz CT molecular complexity index is 1770. The second-order valence-electron chi connectivity index (χ2n) is 26.9. The molecule has 0 fully saturated rings. The number of hydrogen-bond donors (Lipinski definition) is 3. The van der Waals surface area contributed by atoms with E-state index in [4.69, 9.17) is 37.0 Å². The summed E-state index contributed by atoms with van der Waals surface area (Å²) in [5.74, 6) is 0.831. The highest BCUT2D eigenvalue weighted by Crippen LogP contribution is 2.45. The molecular weight excluding hydrogens is 1170 g/mol. The van der Waals surface area contributed by atoms with Crippen molar-refractivity contribution in [2.24, 2.45) is 23.7 Å². The van der Waals surface area contributed by atoms with Gasteiger partial charge in [0.2, 0.25) is 0 Å². The number of hydrogen-bond acceptors (Lipinski definition) is 15. The van der Waals surface area contributed by atoms with E-state index in [1.807, 2.05) is 0 Å². The Morgan fingerprint density at radius 3 is 0.798 bits per heavy atom. The molecule has 0 bridgehead atoms. The standard InChI is InChI=1S/C70H136O17P2/c1-9-63(8)49-41-33-28-29-37-45-53-70(75)87-66(57-81-68(73)51-43-35-27-21-24-32-40-48-62(6)7)59-85-89(78,79)83-55-64(71)54-82-88(76,77)84-58-65(56-80-67(72)50-42-34-25-20-16-18-23-31-39-47-61(4)5)86-69(74)52-44-36-26-19-15-13-11-10-12-14-17-22-30-38-46-60(2)3/h60-66,71H,9-59H2,1-8H3,(H,76,77)(H,78,79)/t63?,64?,65-,66-/m1/s1. The summed E-state index contributed by atoms with van der Waals surface area (Å²) in [6.45, 7) is 14.0. The molecule has 17 nitrogen and oxygen atoms in total. The average molecular weight is 1310 g/mol. The van der Waals surface area contributed by atoms with E-state index < -0.39 is 97.5 Å². The first kappa shape index (κ1) is 87.1. The van der Waals surface area contributed by atoms with Crippen LogP contribution in [-0.4, -0.2) is 96.7 Å². The van der Waals surface area contributed by atoms with Gasteiger partial charge in [0.05, 0.1) is 26.4 Å². The largest absolute Gasteiger partial charge is 0.472 e. The van der Waals surface area contributed by atoms with Crippen LogP contribution in [0.2, 0.25) is 0 Å². The molecule has 0 aromatic rings. The summed E-state index contributed by atoms with van der Waals surface area (Å²) >= 11 is 0. The van der Waals surface area contributed by atoms with E-state index in [9.17, 15) is 43.2 Å². The molecule has 0 aliphatic heterocycles. The van der Waals surface area contributed by atoms with E-state index in [-0.39, 0.29) is 25.7 Å². The zero-order valence-electron chi connectivity index (χ0n) is 58.1. The second-order valence-corrected chi connectivity index (χ2v) is 29.8. The summed E-state index contributed by atoms with van der Waals surface area (Å²) in [6.07, 6.45) is 41.8. The SMILES string of the molecule is CCC(C)CCCCCCCCC(=O)O[C@H](COC(=O)CCCCCCCCCC(C)C)COP(=O)(O)OCC(O)COP(=O)(O)OC[C@@H](COC(=O)CCCCCCCCCCCC(C)C)OC(=O)CCCCCCCCCCCCCCCCC(C)C. The van der Waals surface area contributed by atoms with Crippen molar-refractivity contribution in [2.45, 2.75) is 363 Å². The van der Waals surface area contributed by atoms with Crippen LogP contribution < -0.4 is 0 Å². The molecule has 0 heterocycles. The summed E-state index contributed by atoms with van der Waals surface area (Å²) in [6, 6.07) is 0. The summed E-state index contributed by atoms with van der Waals surface area (Å²) in [7, 11) is -9.90. The lowest BCUT2D eigenvalue weighted by atomic mass is 10.00. The number of aliphatic hydroxyl groups is 1. The van der Waals surface area contributed by atoms with E-state index in [2.05, 4.69) is 55.4 Å². The Morgan fingerprint density at radius 1 is 0.315 bits per heavy atom. The molecule has 0 saturated heterocycles. The second kappa shape index (κ2) is 59.8. The monoisotopic (exact) mass is 1310 g/mol. The molecule has 6 atom stereocenters. The number of rotatable bonds is 67. The lowest BCUT2D eigenvalue weighted by Crippen LogP contribution is -2.30. The maximum absolute atomic E-state index is 13.0. The fourth-order valence-electron chi connectivity index (χ4n) is 10.5. The Hall–Kier alpha value is -1.94. The van der Waals surface area contributed by atoms with Crippen molar-refractivity contribution in [3.8, 4) is 0 Å². The number of carbonyl (C=O) groups excluding carboxylic acids is 4. The van der Waals surface area contributed by atoms with Crippen molar-refractivity contribution >= 4 is 39.5 Å². The Kier molecular flexibility index (Phi) is 58.5. The molecule has 0 aliphatic carbocycles. The molecule has 89 heavy (non-hydrogen) atoms. The average Bonchev–Trinajstić information content (AvgIpc) is 3.48. The summed E-state index contributed by atoms with van der Waals surface area (Å²) < 4.78 is 68.2. The maximum Gasteiger partial charge on any atom is 0.472 e. The van der Waals surface area contributed by atoms with Crippen molar-refractivity contribution in [1.82, 2.24) is 0 Å². The zero-order valence-corrected chi connectivity index (χ0v) is 59.8. The van der Waals surface area contributed by atoms with Crippen molar-refractivity contribution < 1.29 is 80.2 Å². The van der Waals surface area contributed by atoms with Gasteiger partial charge in [-0.25, -0.2) is 9.13 Å². The minimum atomic E-state index is -4.95. The van der Waals surface area contributed by atoms with Gasteiger partial charge in [-0.15, -0.1) is 0 Å². The lowest BCUT2D eigenvalue weighted by molar-refractivity contribution is -0.161. The van der Waals surface area contributed by atoms with Crippen LogP contribution in [0.1, 0.15) is 344 Å². The van der Waals surface area contributed by atoms with Crippen molar-refractivity contribution in [3.63, 3.8) is 0 Å². The fourth-order valence-corrected chi connectivity index (χ4v) is 12.0. The highest BCUT2D eigenvalue weighted by atomic mass is 31.2. The highest BCUT2D eigenvalue weighted by molar-refractivity contribution is 7.47. The van der Waals surface area contributed by atoms with Gasteiger partial charge in [0.15, 0.2) is 12.2 Å². The summed E-state index contributed by atoms with van der Waals surface area (Å²) in [5.41, 5.74) is 0. The van der Waals surface area contributed by atoms with Crippen molar-refractivity contribution in [1.29, 1.82) is 0 Å². The Balaban J connectivity index is 5.24. The third-order valence-corrected chi connectivity index (χ3v) is 18.3. The molecule has 0 aromatic carbocycles. The lowest BCUT2D eigenvalue weighted by Gasteiger charge is -2.21. The molecule has 0 aromatic heterocycles. The molecule has 0 spiro atoms. The number of ether oxygens (including phenoxy) is 4. The highest BCUT2D eigenvalue weighted by Gasteiger charge is 2.30. The Labute approximate surface area is 543 Å². The van der Waals surface area contributed by atoms with Gasteiger partial charge >= 0.3 is 39.5 Å². The quantitative estimate of drug-likeness (QED) is 0.0222. The molecule has 0 saturated carbocycles. The third kappa shape index (κ3) is 63.2. The van der Waals surface area contributed by atoms with Gasteiger partial charge in [-0.1, -0.05) is 293 Å². The van der Waals surface area contributed by atoms with Gasteiger partial charge in [-0.05, 0) is 49.4 Å². The van der Waals surface area contributed by atoms with Gasteiger partial charge in [0, 0.05) is 25.7 Å². The Morgan fingerprint density at radius 2 is 0.539 bits per heavy atom. The van der Waals surface area contributed by atoms with Gasteiger partial charge in [-0.3, -0.25) is 37.3 Å². The van der Waals surface area contributed by atoms with Crippen LogP contribution in [-0.2, 0) is 65.4 Å². The first-order valence-corrected chi connectivity index (χ1v) is 39.2. The van der Waals surface area contributed by atoms with E-state index in [0.29, 0.717) is 31.6 Å². The first-order chi connectivity index (χ1) is 42.6. The van der Waals surface area contributed by atoms with Gasteiger partial charge in [0.25, 0.3) is 0 Å².